The number of carbonyl (C=O) groups is 1. The minimum absolute atomic E-state index is 0.0315. The maximum absolute atomic E-state index is 11.4. The van der Waals surface area contributed by atoms with Crippen LogP contribution in [0.1, 0.15) is 6.42 Å². The Labute approximate surface area is 94.1 Å². The number of nitrogens with one attached hydrogen (secondary N) is 1. The van der Waals surface area contributed by atoms with E-state index < -0.39 is 6.10 Å². The highest BCUT2D eigenvalue weighted by atomic mass is 16.3. The standard InChI is InChI=1S/C11H15N3O2/c15-10-7-11(16)14(8-10)6-5-13-9-1-3-12-4-2-9/h1-4,10,15H,5-8H2,(H,12,13). The lowest BCUT2D eigenvalue weighted by molar-refractivity contribution is -0.127. The molecule has 2 rings (SSSR count). The lowest BCUT2D eigenvalue weighted by atomic mass is 10.3. The predicted molar refractivity (Wildman–Crippen MR) is 59.9 cm³/mol. The van der Waals surface area contributed by atoms with Gasteiger partial charge in [0.15, 0.2) is 0 Å². The van der Waals surface area contributed by atoms with Crippen molar-refractivity contribution in [2.45, 2.75) is 12.5 Å². The lowest BCUT2D eigenvalue weighted by Gasteiger charge is -2.16. The van der Waals surface area contributed by atoms with Gasteiger partial charge in [-0.25, -0.2) is 0 Å². The molecule has 2 heterocycles. The third-order valence-corrected chi connectivity index (χ3v) is 2.59. The molecule has 1 fully saturated rings. The summed E-state index contributed by atoms with van der Waals surface area (Å²) in [7, 11) is 0. The summed E-state index contributed by atoms with van der Waals surface area (Å²) in [5.41, 5.74) is 0.988. The van der Waals surface area contributed by atoms with Crippen LogP contribution in [0.2, 0.25) is 0 Å². The molecule has 2 N–H and O–H groups in total. The van der Waals surface area contributed by atoms with Gasteiger partial charge < -0.3 is 15.3 Å². The van der Waals surface area contributed by atoms with Crippen molar-refractivity contribution in [2.24, 2.45) is 0 Å². The number of hydrogen-bond donors (Lipinski definition) is 2. The molecule has 5 nitrogen and oxygen atoms in total. The normalized spacial score (nSPS) is 20.2. The van der Waals surface area contributed by atoms with Crippen molar-refractivity contribution in [3.63, 3.8) is 0 Å². The summed E-state index contributed by atoms with van der Waals surface area (Å²) in [6.07, 6.45) is 3.20. The van der Waals surface area contributed by atoms with Gasteiger partial charge in [0, 0.05) is 37.7 Å². The number of aromatic nitrogens is 1. The first-order valence-corrected chi connectivity index (χ1v) is 5.35. The Bertz CT molecular complexity index is 356. The number of nitrogens with zero attached hydrogens (tertiary/aromatic N) is 2. The van der Waals surface area contributed by atoms with E-state index in [1.54, 1.807) is 17.3 Å². The molecule has 0 radical (unpaired) electrons. The van der Waals surface area contributed by atoms with Gasteiger partial charge in [-0.05, 0) is 12.1 Å². The molecule has 1 unspecified atom stereocenters. The number of hydrogen-bond acceptors (Lipinski definition) is 4. The first-order chi connectivity index (χ1) is 7.75. The molecule has 0 aromatic carbocycles. The molecule has 0 aliphatic carbocycles. The Morgan fingerprint density at radius 3 is 2.88 bits per heavy atom. The zero-order valence-corrected chi connectivity index (χ0v) is 8.97. The average Bonchev–Trinajstić information content (AvgIpc) is 2.59. The fourth-order valence-electron chi connectivity index (χ4n) is 1.77. The van der Waals surface area contributed by atoms with Gasteiger partial charge in [-0.15, -0.1) is 0 Å². The van der Waals surface area contributed by atoms with E-state index >= 15 is 0 Å². The molecule has 0 bridgehead atoms. The minimum Gasteiger partial charge on any atom is -0.391 e. The molecule has 1 aromatic heterocycles. The molecule has 1 aliphatic rings. The molecule has 0 spiro atoms. The van der Waals surface area contributed by atoms with Gasteiger partial charge >= 0.3 is 0 Å². The van der Waals surface area contributed by atoms with Gasteiger partial charge in [0.25, 0.3) is 0 Å². The topological polar surface area (TPSA) is 65.5 Å². The van der Waals surface area contributed by atoms with Crippen LogP contribution in [0.15, 0.2) is 24.5 Å². The molecular formula is C11H15N3O2. The fraction of sp³-hybridized carbons (Fsp3) is 0.455. The van der Waals surface area contributed by atoms with E-state index in [0.717, 1.165) is 5.69 Å². The van der Waals surface area contributed by atoms with Gasteiger partial charge in [0.2, 0.25) is 5.91 Å². The number of carbonyl (C=O) groups excluding carboxylic acids is 1. The summed E-state index contributed by atoms with van der Waals surface area (Å²) < 4.78 is 0. The number of pyridine rings is 1. The number of likely N-dealkylation sites (tertiary alicyclic amines) is 1. The SMILES string of the molecule is O=C1CC(O)CN1CCNc1ccncc1. The highest BCUT2D eigenvalue weighted by Gasteiger charge is 2.26. The Morgan fingerprint density at radius 1 is 1.50 bits per heavy atom. The van der Waals surface area contributed by atoms with Crippen LogP contribution in [-0.4, -0.2) is 46.6 Å². The van der Waals surface area contributed by atoms with Crippen molar-refractivity contribution >= 4 is 11.6 Å². The largest absolute Gasteiger partial charge is 0.391 e. The van der Waals surface area contributed by atoms with Crippen LogP contribution in [0.25, 0.3) is 0 Å². The number of aliphatic hydroxyl groups excluding tert-OH is 1. The highest BCUT2D eigenvalue weighted by molar-refractivity contribution is 5.79. The number of aliphatic hydroxyl groups is 1. The third kappa shape index (κ3) is 2.70. The molecule has 1 atom stereocenters. The predicted octanol–water partition coefficient (Wildman–Crippen LogP) is 0.0867. The molecule has 86 valence electrons. The summed E-state index contributed by atoms with van der Waals surface area (Å²) >= 11 is 0. The van der Waals surface area contributed by atoms with Crippen molar-refractivity contribution in [2.75, 3.05) is 25.0 Å². The van der Waals surface area contributed by atoms with Crippen LogP contribution in [-0.2, 0) is 4.79 Å². The van der Waals surface area contributed by atoms with E-state index in [-0.39, 0.29) is 12.3 Å². The zero-order chi connectivity index (χ0) is 11.4. The Balaban J connectivity index is 1.74. The molecule has 0 saturated carbocycles. The van der Waals surface area contributed by atoms with Crippen molar-refractivity contribution in [1.29, 1.82) is 0 Å². The number of amides is 1. The van der Waals surface area contributed by atoms with E-state index in [2.05, 4.69) is 10.3 Å². The maximum Gasteiger partial charge on any atom is 0.225 e. The first-order valence-electron chi connectivity index (χ1n) is 5.35. The second kappa shape index (κ2) is 4.94. The molecule has 16 heavy (non-hydrogen) atoms. The molecule has 1 aliphatic heterocycles. The summed E-state index contributed by atoms with van der Waals surface area (Å²) in [6.45, 7) is 1.76. The van der Waals surface area contributed by atoms with Crippen LogP contribution in [0.5, 0.6) is 0 Å². The quantitative estimate of drug-likeness (QED) is 0.756. The van der Waals surface area contributed by atoms with Crippen LogP contribution in [0, 0.1) is 0 Å². The van der Waals surface area contributed by atoms with Gasteiger partial charge in [-0.1, -0.05) is 0 Å². The molecule has 5 heteroatoms. The van der Waals surface area contributed by atoms with E-state index in [4.69, 9.17) is 0 Å². The molecular weight excluding hydrogens is 206 g/mol. The Kier molecular flexibility index (Phi) is 3.36. The van der Waals surface area contributed by atoms with E-state index in [1.807, 2.05) is 12.1 Å². The summed E-state index contributed by atoms with van der Waals surface area (Å²) in [5, 5.41) is 12.5. The number of anilines is 1. The zero-order valence-electron chi connectivity index (χ0n) is 8.97. The lowest BCUT2D eigenvalue weighted by Crippen LogP contribution is -2.30. The van der Waals surface area contributed by atoms with Gasteiger partial charge in [0.05, 0.1) is 12.5 Å². The summed E-state index contributed by atoms with van der Waals surface area (Å²) in [4.78, 5) is 16.9. The van der Waals surface area contributed by atoms with Crippen LogP contribution in [0.4, 0.5) is 5.69 Å². The van der Waals surface area contributed by atoms with Crippen molar-refractivity contribution in [1.82, 2.24) is 9.88 Å². The van der Waals surface area contributed by atoms with Gasteiger partial charge in [-0.2, -0.15) is 0 Å². The third-order valence-electron chi connectivity index (χ3n) is 2.59. The molecule has 1 aromatic rings. The van der Waals surface area contributed by atoms with Crippen molar-refractivity contribution in [3.8, 4) is 0 Å². The number of rotatable bonds is 4. The van der Waals surface area contributed by atoms with E-state index in [1.165, 1.54) is 0 Å². The second-order valence-corrected chi connectivity index (χ2v) is 3.86. The van der Waals surface area contributed by atoms with Gasteiger partial charge in [0.1, 0.15) is 0 Å². The molecule has 1 amide bonds. The van der Waals surface area contributed by atoms with Crippen LogP contribution < -0.4 is 5.32 Å². The van der Waals surface area contributed by atoms with E-state index in [0.29, 0.717) is 19.6 Å². The highest BCUT2D eigenvalue weighted by Crippen LogP contribution is 2.10. The first kappa shape index (κ1) is 10.9. The Hall–Kier alpha value is -1.62. The summed E-state index contributed by atoms with van der Waals surface area (Å²) in [6, 6.07) is 3.75. The van der Waals surface area contributed by atoms with Crippen LogP contribution >= 0.6 is 0 Å². The van der Waals surface area contributed by atoms with E-state index in [9.17, 15) is 9.90 Å². The Morgan fingerprint density at radius 2 is 2.25 bits per heavy atom. The summed E-state index contributed by atoms with van der Waals surface area (Å²) in [5.74, 6) is 0.0315. The second-order valence-electron chi connectivity index (χ2n) is 3.86. The number of β-amino-alcohol motifs (C(OH)–C–C–N with tert-alkyl or cyclic N) is 1. The monoisotopic (exact) mass is 221 g/mol. The average molecular weight is 221 g/mol. The van der Waals surface area contributed by atoms with Crippen molar-refractivity contribution < 1.29 is 9.90 Å². The maximum atomic E-state index is 11.4. The molecule has 1 saturated heterocycles. The minimum atomic E-state index is -0.492. The fourth-order valence-corrected chi connectivity index (χ4v) is 1.77. The van der Waals surface area contributed by atoms with Crippen LogP contribution in [0.3, 0.4) is 0 Å². The van der Waals surface area contributed by atoms with Crippen molar-refractivity contribution in [3.05, 3.63) is 24.5 Å². The smallest absolute Gasteiger partial charge is 0.225 e. The van der Waals surface area contributed by atoms with Gasteiger partial charge in [-0.3, -0.25) is 9.78 Å².